The first-order chi connectivity index (χ1) is 18.9. The van der Waals surface area contributed by atoms with Crippen LogP contribution in [0.5, 0.6) is 0 Å². The van der Waals surface area contributed by atoms with Gasteiger partial charge in [-0.3, -0.25) is 9.10 Å². The van der Waals surface area contributed by atoms with E-state index in [2.05, 4.69) is 11.8 Å². The SMILES string of the molecule is NCc1ccc2c(c1)C1(CCN(C(=O)c3ccc(C#Cc4ccccc4)o3)CC1)CN2S(=O)(=O)c1cccs1. The number of hydrogen-bond donors (Lipinski definition) is 1. The molecule has 1 fully saturated rings. The Morgan fingerprint density at radius 1 is 1.00 bits per heavy atom. The van der Waals surface area contributed by atoms with E-state index in [1.54, 1.807) is 34.5 Å². The maximum absolute atomic E-state index is 13.6. The van der Waals surface area contributed by atoms with Gasteiger partial charge in [-0.2, -0.15) is 0 Å². The summed E-state index contributed by atoms with van der Waals surface area (Å²) in [5.41, 5.74) is 9.07. The first-order valence-electron chi connectivity index (χ1n) is 12.8. The number of rotatable bonds is 4. The third kappa shape index (κ3) is 4.65. The second-order valence-electron chi connectivity index (χ2n) is 9.85. The number of anilines is 1. The molecule has 0 bridgehead atoms. The lowest BCUT2D eigenvalue weighted by molar-refractivity contribution is 0.0642. The summed E-state index contributed by atoms with van der Waals surface area (Å²) in [5.74, 6) is 6.51. The molecule has 0 radical (unpaired) electrons. The average Bonchev–Trinajstić information content (AvgIpc) is 3.73. The zero-order valence-corrected chi connectivity index (χ0v) is 22.8. The number of furan rings is 1. The van der Waals surface area contributed by atoms with E-state index in [0.29, 0.717) is 54.7 Å². The maximum Gasteiger partial charge on any atom is 0.289 e. The van der Waals surface area contributed by atoms with Gasteiger partial charge in [0.05, 0.1) is 5.69 Å². The average molecular weight is 558 g/mol. The highest BCUT2D eigenvalue weighted by Crippen LogP contribution is 2.49. The minimum atomic E-state index is -3.69. The van der Waals surface area contributed by atoms with Crippen LogP contribution in [0.3, 0.4) is 0 Å². The van der Waals surface area contributed by atoms with Crippen molar-refractivity contribution in [3.05, 3.63) is 106 Å². The van der Waals surface area contributed by atoms with E-state index >= 15 is 0 Å². The molecule has 2 N–H and O–H groups in total. The molecule has 2 aromatic carbocycles. The van der Waals surface area contributed by atoms with Gasteiger partial charge in [0.1, 0.15) is 4.21 Å². The lowest BCUT2D eigenvalue weighted by Gasteiger charge is -2.39. The van der Waals surface area contributed by atoms with Gasteiger partial charge in [0.2, 0.25) is 0 Å². The standard InChI is InChI=1S/C30H27N3O4S2/c31-20-23-9-12-26-25(19-23)30(21-33(26)39(35,36)28-7-4-18-38-28)14-16-32(17-15-30)29(34)27-13-11-24(37-27)10-8-22-5-2-1-3-6-22/h1-7,9,11-13,18-19H,14-17,20-21,31H2. The molecule has 0 atom stereocenters. The van der Waals surface area contributed by atoms with Gasteiger partial charge >= 0.3 is 0 Å². The van der Waals surface area contributed by atoms with Crippen LogP contribution in [0.15, 0.2) is 86.8 Å². The summed E-state index contributed by atoms with van der Waals surface area (Å²) >= 11 is 1.22. The fourth-order valence-electron chi connectivity index (χ4n) is 5.43. The second kappa shape index (κ2) is 10.0. The molecule has 1 spiro atoms. The number of sulfonamides is 1. The van der Waals surface area contributed by atoms with Crippen molar-refractivity contribution in [3.63, 3.8) is 0 Å². The summed E-state index contributed by atoms with van der Waals surface area (Å²) in [7, 11) is -3.69. The number of carbonyl (C=O) groups is 1. The quantitative estimate of drug-likeness (QED) is 0.371. The smallest absolute Gasteiger partial charge is 0.289 e. The number of carbonyl (C=O) groups excluding carboxylic acids is 1. The normalized spacial score (nSPS) is 16.1. The molecule has 0 saturated carbocycles. The number of likely N-dealkylation sites (tertiary alicyclic amines) is 1. The molecule has 4 aromatic rings. The molecule has 1 amide bonds. The Labute approximate surface area is 231 Å². The monoisotopic (exact) mass is 557 g/mol. The van der Waals surface area contributed by atoms with Crippen LogP contribution >= 0.6 is 11.3 Å². The molecule has 0 unspecified atom stereocenters. The Kier molecular flexibility index (Phi) is 6.55. The van der Waals surface area contributed by atoms with E-state index in [9.17, 15) is 13.2 Å². The van der Waals surface area contributed by atoms with Crippen LogP contribution in [0.1, 0.15) is 45.8 Å². The number of hydrogen-bond acceptors (Lipinski definition) is 6. The molecular weight excluding hydrogens is 530 g/mol. The van der Waals surface area contributed by atoms with Crippen molar-refractivity contribution in [2.24, 2.45) is 5.73 Å². The maximum atomic E-state index is 13.6. The van der Waals surface area contributed by atoms with Gasteiger partial charge in [-0.05, 0) is 71.7 Å². The van der Waals surface area contributed by atoms with Crippen LogP contribution in [0.4, 0.5) is 5.69 Å². The Bertz CT molecular complexity index is 1670. The summed E-state index contributed by atoms with van der Waals surface area (Å²) in [6.07, 6.45) is 1.27. The number of amides is 1. The first-order valence-corrected chi connectivity index (χ1v) is 15.1. The van der Waals surface area contributed by atoms with E-state index in [1.807, 2.05) is 48.5 Å². The van der Waals surface area contributed by atoms with E-state index in [1.165, 1.54) is 15.6 Å². The van der Waals surface area contributed by atoms with Crippen molar-refractivity contribution in [2.45, 2.75) is 29.0 Å². The van der Waals surface area contributed by atoms with Crippen LogP contribution in [-0.4, -0.2) is 38.9 Å². The number of piperidine rings is 1. The van der Waals surface area contributed by atoms with E-state index in [-0.39, 0.29) is 11.7 Å². The molecule has 9 heteroatoms. The highest BCUT2D eigenvalue weighted by atomic mass is 32.2. The van der Waals surface area contributed by atoms with E-state index < -0.39 is 15.4 Å². The van der Waals surface area contributed by atoms with Gasteiger partial charge in [-0.25, -0.2) is 8.42 Å². The Balaban J connectivity index is 1.22. The van der Waals surface area contributed by atoms with Gasteiger partial charge in [-0.15, -0.1) is 11.3 Å². The highest BCUT2D eigenvalue weighted by molar-refractivity contribution is 7.94. The summed E-state index contributed by atoms with van der Waals surface area (Å²) in [4.78, 5) is 15.1. The van der Waals surface area contributed by atoms with Crippen molar-refractivity contribution in [1.82, 2.24) is 4.90 Å². The zero-order valence-electron chi connectivity index (χ0n) is 21.2. The van der Waals surface area contributed by atoms with Gasteiger partial charge in [0.15, 0.2) is 11.5 Å². The molecule has 6 rings (SSSR count). The van der Waals surface area contributed by atoms with Gasteiger partial charge < -0.3 is 15.1 Å². The fraction of sp³-hybridized carbons (Fsp3) is 0.233. The van der Waals surface area contributed by atoms with Crippen LogP contribution in [0.2, 0.25) is 0 Å². The van der Waals surface area contributed by atoms with Gasteiger partial charge in [0, 0.05) is 37.2 Å². The molecule has 1 saturated heterocycles. The molecule has 2 aromatic heterocycles. The molecule has 198 valence electrons. The van der Waals surface area contributed by atoms with Crippen molar-refractivity contribution < 1.29 is 17.6 Å². The molecule has 4 heterocycles. The lowest BCUT2D eigenvalue weighted by Crippen LogP contribution is -2.47. The predicted octanol–water partition coefficient (Wildman–Crippen LogP) is 4.58. The molecule has 39 heavy (non-hydrogen) atoms. The lowest BCUT2D eigenvalue weighted by atomic mass is 9.74. The summed E-state index contributed by atoms with van der Waals surface area (Å²) in [6, 6.07) is 22.2. The van der Waals surface area contributed by atoms with Crippen LogP contribution in [0, 0.1) is 11.8 Å². The van der Waals surface area contributed by atoms with Crippen LogP contribution in [0.25, 0.3) is 0 Å². The number of benzene rings is 2. The Hall–Kier alpha value is -3.84. The summed E-state index contributed by atoms with van der Waals surface area (Å²) in [5, 5.41) is 1.77. The van der Waals surface area contributed by atoms with Crippen LogP contribution < -0.4 is 10.0 Å². The highest BCUT2D eigenvalue weighted by Gasteiger charge is 2.49. The van der Waals surface area contributed by atoms with Crippen molar-refractivity contribution in [3.8, 4) is 11.8 Å². The molecule has 7 nitrogen and oxygen atoms in total. The molecular formula is C30H27N3O4S2. The minimum absolute atomic E-state index is 0.186. The Morgan fingerprint density at radius 3 is 2.51 bits per heavy atom. The van der Waals surface area contributed by atoms with Crippen molar-refractivity contribution in [1.29, 1.82) is 0 Å². The third-order valence-corrected chi connectivity index (χ3v) is 10.7. The van der Waals surface area contributed by atoms with Gasteiger partial charge in [0.25, 0.3) is 15.9 Å². The topological polar surface area (TPSA) is 96.8 Å². The van der Waals surface area contributed by atoms with Gasteiger partial charge in [-0.1, -0.05) is 42.3 Å². The van der Waals surface area contributed by atoms with Crippen molar-refractivity contribution >= 4 is 33.0 Å². The second-order valence-corrected chi connectivity index (χ2v) is 12.9. The first kappa shape index (κ1) is 25.4. The van der Waals surface area contributed by atoms with Crippen LogP contribution in [-0.2, 0) is 22.0 Å². The van der Waals surface area contributed by atoms with E-state index in [4.69, 9.17) is 10.2 Å². The third-order valence-electron chi connectivity index (χ3n) is 7.55. The number of nitrogens with zero attached hydrogens (tertiary/aromatic N) is 2. The van der Waals surface area contributed by atoms with E-state index in [0.717, 1.165) is 16.7 Å². The number of fused-ring (bicyclic) bond motifs is 2. The molecule has 2 aliphatic rings. The fourth-order valence-corrected chi connectivity index (χ4v) is 8.10. The Morgan fingerprint density at radius 2 is 1.79 bits per heavy atom. The largest absolute Gasteiger partial charge is 0.443 e. The molecule has 0 aliphatic carbocycles. The minimum Gasteiger partial charge on any atom is -0.443 e. The zero-order chi connectivity index (χ0) is 27.0. The number of thiophene rings is 1. The summed E-state index contributed by atoms with van der Waals surface area (Å²) in [6.45, 7) is 1.70. The number of nitrogens with two attached hydrogens (primary N) is 1. The summed E-state index contributed by atoms with van der Waals surface area (Å²) < 4.78 is 34.8. The van der Waals surface area contributed by atoms with Crippen molar-refractivity contribution in [2.75, 3.05) is 23.9 Å². The molecule has 2 aliphatic heterocycles. The predicted molar refractivity (Wildman–Crippen MR) is 151 cm³/mol.